The number of benzene rings is 1. The standard InChI is InChI=1S/C12H12ClN5O/c1-2-9-6-14-16(7-9)17-8-10-3-4-11(13)5-12(10)18(19)15-17/h3-7H,2,8H2,1H3. The van der Waals surface area contributed by atoms with Crippen LogP contribution in [-0.2, 0) is 13.0 Å². The Kier molecular flexibility index (Phi) is 2.87. The monoisotopic (exact) mass is 277 g/mol. The molecule has 6 nitrogen and oxygen atoms in total. The van der Waals surface area contributed by atoms with Gasteiger partial charge in [0.25, 0.3) is 0 Å². The van der Waals surface area contributed by atoms with Gasteiger partial charge in [-0.15, -0.1) is 9.96 Å². The summed E-state index contributed by atoms with van der Waals surface area (Å²) in [6, 6.07) is 5.21. The summed E-state index contributed by atoms with van der Waals surface area (Å²) < 4.78 is 0. The third kappa shape index (κ3) is 2.15. The lowest BCUT2D eigenvalue weighted by atomic mass is 10.2. The lowest BCUT2D eigenvalue weighted by molar-refractivity contribution is -0.450. The predicted octanol–water partition coefficient (Wildman–Crippen LogP) is 2.76. The summed E-state index contributed by atoms with van der Waals surface area (Å²) in [6.45, 7) is 2.53. The van der Waals surface area contributed by atoms with E-state index >= 15 is 0 Å². The number of nitrogens with zero attached hydrogens (tertiary/aromatic N) is 5. The number of aromatic nitrogens is 2. The average molecular weight is 278 g/mol. The molecule has 1 aromatic heterocycles. The normalized spacial score (nSPS) is 14.2. The smallest absolute Gasteiger partial charge is 0.166 e. The third-order valence-corrected chi connectivity index (χ3v) is 3.25. The molecule has 2 aromatic rings. The molecule has 1 aliphatic rings. The molecule has 0 unspecified atom stereocenters. The molecule has 1 aliphatic heterocycles. The van der Waals surface area contributed by atoms with Crippen LogP contribution >= 0.6 is 11.6 Å². The molecular formula is C12H12ClN5O. The number of rotatable bonds is 2. The van der Waals surface area contributed by atoms with Gasteiger partial charge in [0.1, 0.15) is 5.22 Å². The topological polar surface area (TPSA) is 59.5 Å². The molecule has 0 fully saturated rings. The first-order valence-corrected chi connectivity index (χ1v) is 6.34. The average Bonchev–Trinajstić information content (AvgIpc) is 2.88. The van der Waals surface area contributed by atoms with Crippen molar-refractivity contribution in [1.82, 2.24) is 9.89 Å². The first-order valence-electron chi connectivity index (χ1n) is 5.96. The summed E-state index contributed by atoms with van der Waals surface area (Å²) in [6.07, 6.45) is 4.52. The molecule has 0 amide bonds. The van der Waals surface area contributed by atoms with Crippen LogP contribution in [0.3, 0.4) is 0 Å². The maximum Gasteiger partial charge on any atom is 0.166 e. The van der Waals surface area contributed by atoms with E-state index in [9.17, 15) is 5.21 Å². The van der Waals surface area contributed by atoms with Crippen LogP contribution in [0, 0.1) is 5.21 Å². The number of aryl methyl sites for hydroxylation is 1. The quantitative estimate of drug-likeness (QED) is 0.626. The molecule has 0 aliphatic carbocycles. The maximum absolute atomic E-state index is 11.9. The second-order valence-corrected chi connectivity index (χ2v) is 4.72. The Morgan fingerprint density at radius 3 is 3.05 bits per heavy atom. The summed E-state index contributed by atoms with van der Waals surface area (Å²) in [4.78, 5) is 2.14. The zero-order chi connectivity index (χ0) is 13.4. The third-order valence-electron chi connectivity index (χ3n) is 3.02. The molecule has 0 saturated carbocycles. The highest BCUT2D eigenvalue weighted by Gasteiger charge is 2.24. The molecule has 0 saturated heterocycles. The van der Waals surface area contributed by atoms with Gasteiger partial charge in [0, 0.05) is 16.7 Å². The van der Waals surface area contributed by atoms with Crippen LogP contribution in [-0.4, -0.2) is 14.8 Å². The molecule has 1 aromatic carbocycles. The van der Waals surface area contributed by atoms with Gasteiger partial charge in [-0.1, -0.05) is 23.3 Å². The van der Waals surface area contributed by atoms with Crippen molar-refractivity contribution < 1.29 is 4.86 Å². The Morgan fingerprint density at radius 2 is 2.32 bits per heavy atom. The van der Waals surface area contributed by atoms with Crippen LogP contribution < -0.4 is 5.12 Å². The lowest BCUT2D eigenvalue weighted by Gasteiger charge is -2.20. The number of fused-ring (bicyclic) bond motifs is 1. The predicted molar refractivity (Wildman–Crippen MR) is 70.7 cm³/mol. The van der Waals surface area contributed by atoms with E-state index in [1.807, 2.05) is 19.2 Å². The van der Waals surface area contributed by atoms with Gasteiger partial charge >= 0.3 is 0 Å². The molecule has 0 spiro atoms. The molecule has 7 heteroatoms. The van der Waals surface area contributed by atoms with Gasteiger partial charge in [0.05, 0.1) is 12.4 Å². The van der Waals surface area contributed by atoms with Gasteiger partial charge < -0.3 is 5.21 Å². The molecule has 19 heavy (non-hydrogen) atoms. The minimum absolute atomic E-state index is 0.478. The van der Waals surface area contributed by atoms with E-state index in [0.29, 0.717) is 22.1 Å². The second kappa shape index (κ2) is 4.55. The fourth-order valence-corrected chi connectivity index (χ4v) is 2.11. The Bertz CT molecular complexity index is 651. The first kappa shape index (κ1) is 12.0. The second-order valence-electron chi connectivity index (χ2n) is 4.29. The Balaban J connectivity index is 1.96. The highest BCUT2D eigenvalue weighted by molar-refractivity contribution is 6.30. The number of halogens is 1. The molecule has 98 valence electrons. The van der Waals surface area contributed by atoms with Crippen molar-refractivity contribution in [2.24, 2.45) is 5.22 Å². The highest BCUT2D eigenvalue weighted by atomic mass is 35.5. The van der Waals surface area contributed by atoms with E-state index in [4.69, 9.17) is 11.6 Å². The van der Waals surface area contributed by atoms with Crippen molar-refractivity contribution in [1.29, 1.82) is 0 Å². The van der Waals surface area contributed by atoms with E-state index < -0.39 is 0 Å². The minimum atomic E-state index is 0.478. The van der Waals surface area contributed by atoms with Crippen LogP contribution in [0.15, 0.2) is 35.8 Å². The maximum atomic E-state index is 11.9. The van der Waals surface area contributed by atoms with Crippen LogP contribution in [0.5, 0.6) is 0 Å². The van der Waals surface area contributed by atoms with Crippen molar-refractivity contribution in [2.45, 2.75) is 19.9 Å². The fraction of sp³-hybridized carbons (Fsp3) is 0.250. The first-order chi connectivity index (χ1) is 9.17. The Morgan fingerprint density at radius 1 is 1.47 bits per heavy atom. The van der Waals surface area contributed by atoms with Gasteiger partial charge in [-0.05, 0) is 29.2 Å². The molecular weight excluding hydrogens is 266 g/mol. The van der Waals surface area contributed by atoms with Crippen molar-refractivity contribution in [3.05, 3.63) is 51.9 Å². The molecule has 2 heterocycles. The van der Waals surface area contributed by atoms with Crippen LogP contribution in [0.2, 0.25) is 5.02 Å². The van der Waals surface area contributed by atoms with Crippen molar-refractivity contribution in [3.8, 4) is 0 Å². The number of hydrogen-bond acceptors (Lipinski definition) is 4. The van der Waals surface area contributed by atoms with Gasteiger partial charge in [-0.2, -0.15) is 0 Å². The van der Waals surface area contributed by atoms with Crippen molar-refractivity contribution in [3.63, 3.8) is 0 Å². The van der Waals surface area contributed by atoms with Gasteiger partial charge in [0.15, 0.2) is 12.2 Å². The van der Waals surface area contributed by atoms with Gasteiger partial charge in [-0.25, -0.2) is 0 Å². The van der Waals surface area contributed by atoms with Gasteiger partial charge in [-0.3, -0.25) is 0 Å². The number of hydrogen-bond donors (Lipinski definition) is 0. The van der Waals surface area contributed by atoms with Crippen LogP contribution in [0.1, 0.15) is 18.1 Å². The summed E-state index contributed by atoms with van der Waals surface area (Å²) >= 11 is 5.88. The van der Waals surface area contributed by atoms with Crippen LogP contribution in [0.4, 0.5) is 5.69 Å². The van der Waals surface area contributed by atoms with E-state index in [1.54, 1.807) is 23.1 Å². The Hall–Kier alpha value is -2.08. The zero-order valence-electron chi connectivity index (χ0n) is 10.3. The summed E-state index contributed by atoms with van der Waals surface area (Å²) in [5.74, 6) is 0. The summed E-state index contributed by atoms with van der Waals surface area (Å²) in [5.41, 5.74) is 2.43. The summed E-state index contributed by atoms with van der Waals surface area (Å²) in [7, 11) is 0. The minimum Gasteiger partial charge on any atom is -0.691 e. The molecule has 0 radical (unpaired) electrons. The molecule has 0 atom stereocenters. The molecule has 0 N–H and O–H groups in total. The zero-order valence-corrected chi connectivity index (χ0v) is 11.1. The van der Waals surface area contributed by atoms with E-state index in [-0.39, 0.29) is 0 Å². The molecule has 0 bridgehead atoms. The van der Waals surface area contributed by atoms with E-state index in [0.717, 1.165) is 17.5 Å². The lowest BCUT2D eigenvalue weighted by Crippen LogP contribution is -2.33. The molecule has 3 rings (SSSR count). The van der Waals surface area contributed by atoms with E-state index in [1.165, 1.54) is 5.12 Å². The summed E-state index contributed by atoms with van der Waals surface area (Å²) in [5, 5.41) is 22.1. The van der Waals surface area contributed by atoms with Gasteiger partial charge in [0.2, 0.25) is 0 Å². The van der Waals surface area contributed by atoms with Crippen molar-refractivity contribution in [2.75, 3.05) is 5.12 Å². The Labute approximate surface area is 115 Å². The van der Waals surface area contributed by atoms with Crippen LogP contribution in [0.25, 0.3) is 0 Å². The largest absolute Gasteiger partial charge is 0.691 e. The van der Waals surface area contributed by atoms with Crippen molar-refractivity contribution >= 4 is 17.3 Å². The SMILES string of the molecule is CCc1cnn(N2Cc3ccc(Cl)cc3[N+]([O-])=N2)c1. The fourth-order valence-electron chi connectivity index (χ4n) is 1.95. The van der Waals surface area contributed by atoms with E-state index in [2.05, 4.69) is 10.3 Å². The highest BCUT2D eigenvalue weighted by Crippen LogP contribution is 2.27.